The van der Waals surface area contributed by atoms with Gasteiger partial charge >= 0.3 is 0 Å². The van der Waals surface area contributed by atoms with Crippen molar-refractivity contribution in [1.82, 2.24) is 0 Å². The van der Waals surface area contributed by atoms with E-state index in [1.165, 1.54) is 0 Å². The number of thioether (sulfide) groups is 1. The SMILES string of the molecule is C.C=N/C=C(\SCc1ccccc1OC(C)CC)C(OCC)OCC. The summed E-state index contributed by atoms with van der Waals surface area (Å²) in [5.41, 5.74) is 1.14. The van der Waals surface area contributed by atoms with E-state index in [0.717, 1.165) is 28.4 Å². The van der Waals surface area contributed by atoms with E-state index >= 15 is 0 Å². The number of para-hydroxylation sites is 1. The predicted octanol–water partition coefficient (Wildman–Crippen LogP) is 5.67. The van der Waals surface area contributed by atoms with Crippen molar-refractivity contribution in [3.05, 3.63) is 40.9 Å². The minimum absolute atomic E-state index is 0. The molecule has 0 aliphatic heterocycles. The van der Waals surface area contributed by atoms with Crippen LogP contribution in [0.5, 0.6) is 5.75 Å². The maximum absolute atomic E-state index is 6.01. The lowest BCUT2D eigenvalue weighted by molar-refractivity contribution is -0.106. The summed E-state index contributed by atoms with van der Waals surface area (Å²) >= 11 is 1.63. The van der Waals surface area contributed by atoms with Gasteiger partial charge in [0.2, 0.25) is 0 Å². The van der Waals surface area contributed by atoms with Gasteiger partial charge in [-0.25, -0.2) is 0 Å². The van der Waals surface area contributed by atoms with Gasteiger partial charge in [-0.05, 0) is 40.0 Å². The first kappa shape index (κ1) is 23.7. The van der Waals surface area contributed by atoms with Crippen molar-refractivity contribution in [3.63, 3.8) is 0 Å². The molecule has 1 rings (SSSR count). The fourth-order valence-corrected chi connectivity index (χ4v) is 2.95. The van der Waals surface area contributed by atoms with E-state index < -0.39 is 6.29 Å². The van der Waals surface area contributed by atoms with Gasteiger partial charge in [-0.3, -0.25) is 4.99 Å². The lowest BCUT2D eigenvalue weighted by atomic mass is 10.2. The van der Waals surface area contributed by atoms with Crippen LogP contribution >= 0.6 is 11.8 Å². The van der Waals surface area contributed by atoms with E-state index in [0.29, 0.717) is 13.2 Å². The smallest absolute Gasteiger partial charge is 0.191 e. The van der Waals surface area contributed by atoms with Crippen molar-refractivity contribution in [3.8, 4) is 5.75 Å². The third kappa shape index (κ3) is 8.56. The number of rotatable bonds is 12. The monoisotopic (exact) mass is 367 g/mol. The number of aliphatic imine (C=N–C) groups is 1. The molecule has 0 aromatic heterocycles. The molecule has 1 aromatic carbocycles. The minimum atomic E-state index is -0.404. The van der Waals surface area contributed by atoms with E-state index in [4.69, 9.17) is 14.2 Å². The molecule has 0 saturated heterocycles. The van der Waals surface area contributed by atoms with Gasteiger partial charge in [0, 0.05) is 30.7 Å². The number of benzene rings is 1. The zero-order valence-electron chi connectivity index (χ0n) is 15.2. The molecule has 0 aliphatic carbocycles. The van der Waals surface area contributed by atoms with Gasteiger partial charge in [0.05, 0.1) is 11.0 Å². The number of hydrogen-bond acceptors (Lipinski definition) is 5. The molecule has 5 heteroatoms. The standard InChI is InChI=1S/C19H29NO3S.CH4/c1-6-15(4)23-17-12-10-9-11-16(17)14-24-18(13-20-5)19(21-7-2)22-8-3;/h9-13,15,19H,5-8,14H2,1-4H3;1H4/b18-13-;. The van der Waals surface area contributed by atoms with Crippen molar-refractivity contribution in [2.75, 3.05) is 13.2 Å². The average Bonchev–Trinajstić information content (AvgIpc) is 2.59. The topological polar surface area (TPSA) is 40.0 Å². The molecular formula is C20H33NO3S. The van der Waals surface area contributed by atoms with Crippen LogP contribution in [-0.2, 0) is 15.2 Å². The van der Waals surface area contributed by atoms with Crippen LogP contribution < -0.4 is 4.74 Å². The third-order valence-electron chi connectivity index (χ3n) is 3.36. The molecule has 1 aromatic rings. The molecule has 0 saturated carbocycles. The van der Waals surface area contributed by atoms with Crippen LogP contribution in [-0.4, -0.2) is 32.3 Å². The summed E-state index contributed by atoms with van der Waals surface area (Å²) in [6.07, 6.45) is 2.47. The second-order valence-electron chi connectivity index (χ2n) is 5.19. The maximum atomic E-state index is 6.01. The highest BCUT2D eigenvalue weighted by Crippen LogP contribution is 2.31. The Kier molecular flexibility index (Phi) is 13.2. The Morgan fingerprint density at radius 1 is 1.20 bits per heavy atom. The van der Waals surface area contributed by atoms with Crippen molar-refractivity contribution in [2.24, 2.45) is 4.99 Å². The van der Waals surface area contributed by atoms with Crippen LogP contribution in [0.15, 0.2) is 40.4 Å². The first-order valence-electron chi connectivity index (χ1n) is 8.42. The number of ether oxygens (including phenoxy) is 3. The van der Waals surface area contributed by atoms with E-state index in [-0.39, 0.29) is 13.5 Å². The fourth-order valence-electron chi connectivity index (χ4n) is 1.97. The molecule has 25 heavy (non-hydrogen) atoms. The van der Waals surface area contributed by atoms with Gasteiger partial charge in [-0.15, -0.1) is 11.8 Å². The zero-order valence-corrected chi connectivity index (χ0v) is 16.0. The van der Waals surface area contributed by atoms with E-state index in [2.05, 4.69) is 31.6 Å². The summed E-state index contributed by atoms with van der Waals surface area (Å²) in [4.78, 5) is 4.80. The van der Waals surface area contributed by atoms with Gasteiger partial charge in [-0.2, -0.15) is 0 Å². The van der Waals surface area contributed by atoms with Crippen molar-refractivity contribution in [2.45, 2.75) is 59.7 Å². The molecule has 0 heterocycles. The summed E-state index contributed by atoms with van der Waals surface area (Å²) in [5, 5.41) is 0. The molecule has 1 atom stereocenters. The Morgan fingerprint density at radius 3 is 2.40 bits per heavy atom. The second-order valence-corrected chi connectivity index (χ2v) is 6.24. The molecule has 0 radical (unpaired) electrons. The fraction of sp³-hybridized carbons (Fsp3) is 0.550. The van der Waals surface area contributed by atoms with Gasteiger partial charge in [0.15, 0.2) is 6.29 Å². The lowest BCUT2D eigenvalue weighted by Gasteiger charge is -2.20. The van der Waals surface area contributed by atoms with E-state index in [1.807, 2.05) is 32.0 Å². The Hall–Kier alpha value is -1.30. The first-order valence-corrected chi connectivity index (χ1v) is 9.41. The molecule has 0 spiro atoms. The molecule has 0 N–H and O–H groups in total. The third-order valence-corrected chi connectivity index (χ3v) is 4.44. The highest BCUT2D eigenvalue weighted by molar-refractivity contribution is 8.02. The largest absolute Gasteiger partial charge is 0.490 e. The van der Waals surface area contributed by atoms with Crippen LogP contribution in [0.2, 0.25) is 0 Å². The molecule has 4 nitrogen and oxygen atoms in total. The summed E-state index contributed by atoms with van der Waals surface area (Å²) in [5.74, 6) is 1.68. The lowest BCUT2D eigenvalue weighted by Crippen LogP contribution is -2.18. The summed E-state index contributed by atoms with van der Waals surface area (Å²) < 4.78 is 17.3. The van der Waals surface area contributed by atoms with Gasteiger partial charge in [-0.1, -0.05) is 32.5 Å². The van der Waals surface area contributed by atoms with Gasteiger partial charge < -0.3 is 14.2 Å². The first-order chi connectivity index (χ1) is 11.7. The normalized spacial score (nSPS) is 12.6. The molecule has 0 fully saturated rings. The van der Waals surface area contributed by atoms with Crippen molar-refractivity contribution >= 4 is 18.5 Å². The van der Waals surface area contributed by atoms with E-state index in [9.17, 15) is 0 Å². The van der Waals surface area contributed by atoms with Gasteiger partial charge in [0.1, 0.15) is 5.75 Å². The highest BCUT2D eigenvalue weighted by atomic mass is 32.2. The molecule has 0 bridgehead atoms. The molecule has 1 unspecified atom stereocenters. The van der Waals surface area contributed by atoms with Crippen molar-refractivity contribution in [1.29, 1.82) is 0 Å². The second kappa shape index (κ2) is 13.9. The molecular weight excluding hydrogens is 334 g/mol. The Balaban J connectivity index is 0.00000576. The quantitative estimate of drug-likeness (QED) is 0.352. The van der Waals surface area contributed by atoms with Crippen LogP contribution in [0.1, 0.15) is 47.1 Å². The number of hydrogen-bond donors (Lipinski definition) is 0. The van der Waals surface area contributed by atoms with Crippen LogP contribution in [0.3, 0.4) is 0 Å². The van der Waals surface area contributed by atoms with Crippen LogP contribution in [0, 0.1) is 0 Å². The molecule has 0 aliphatic rings. The zero-order chi connectivity index (χ0) is 17.8. The highest BCUT2D eigenvalue weighted by Gasteiger charge is 2.16. The van der Waals surface area contributed by atoms with Crippen LogP contribution in [0.25, 0.3) is 0 Å². The van der Waals surface area contributed by atoms with Gasteiger partial charge in [0.25, 0.3) is 0 Å². The Bertz CT molecular complexity index is 513. The number of nitrogens with zero attached hydrogens (tertiary/aromatic N) is 1. The average molecular weight is 368 g/mol. The maximum Gasteiger partial charge on any atom is 0.191 e. The molecule has 0 amide bonds. The van der Waals surface area contributed by atoms with Crippen molar-refractivity contribution < 1.29 is 14.2 Å². The Labute approximate surface area is 157 Å². The van der Waals surface area contributed by atoms with Crippen LogP contribution in [0.4, 0.5) is 0 Å². The molecule has 142 valence electrons. The van der Waals surface area contributed by atoms with E-state index in [1.54, 1.807) is 18.0 Å². The summed E-state index contributed by atoms with van der Waals surface area (Å²) in [6.45, 7) is 12.8. The summed E-state index contributed by atoms with van der Waals surface area (Å²) in [6, 6.07) is 8.12. The predicted molar refractivity (Wildman–Crippen MR) is 110 cm³/mol. The summed E-state index contributed by atoms with van der Waals surface area (Å²) in [7, 11) is 0. The minimum Gasteiger partial charge on any atom is -0.490 e. The Morgan fingerprint density at radius 2 is 1.84 bits per heavy atom.